The van der Waals surface area contributed by atoms with Gasteiger partial charge in [-0.1, -0.05) is 0 Å². The molecule has 0 atom stereocenters. The molecule has 0 unspecified atom stereocenters. The van der Waals surface area contributed by atoms with Gasteiger partial charge in [-0.3, -0.25) is 15.2 Å². The monoisotopic (exact) mass is 409 g/mol. The summed E-state index contributed by atoms with van der Waals surface area (Å²) in [7, 11) is 0. The Morgan fingerprint density at radius 3 is 2.77 bits per heavy atom. The fourth-order valence-corrected chi connectivity index (χ4v) is 3.55. The van der Waals surface area contributed by atoms with Crippen molar-refractivity contribution in [1.82, 2.24) is 14.9 Å². The molecule has 1 fully saturated rings. The molecule has 1 N–H and O–H groups in total. The number of anilines is 2. The number of aromatic nitrogens is 2. The van der Waals surface area contributed by atoms with Gasteiger partial charge in [0.05, 0.1) is 12.8 Å². The molecule has 0 saturated carbocycles. The Kier molecular flexibility index (Phi) is 5.89. The van der Waals surface area contributed by atoms with E-state index in [0.717, 1.165) is 42.9 Å². The Bertz CT molecular complexity index is 1080. The van der Waals surface area contributed by atoms with Gasteiger partial charge in [-0.15, -0.1) is 0 Å². The molecule has 4 rings (SSSR count). The molecule has 3 heterocycles. The maximum absolute atomic E-state index is 12.1. The van der Waals surface area contributed by atoms with Gasteiger partial charge in [0.25, 0.3) is 0 Å². The molecule has 9 heteroatoms. The summed E-state index contributed by atoms with van der Waals surface area (Å²) >= 11 is 0. The number of rotatable bonds is 5. The first kappa shape index (κ1) is 19.8. The van der Waals surface area contributed by atoms with Gasteiger partial charge in [-0.2, -0.15) is 0 Å². The molecule has 1 aliphatic rings. The van der Waals surface area contributed by atoms with Crippen LogP contribution in [0.2, 0.25) is 0 Å². The Morgan fingerprint density at radius 2 is 2.03 bits per heavy atom. The summed E-state index contributed by atoms with van der Waals surface area (Å²) in [6, 6.07) is 6.80. The quantitative estimate of drug-likeness (QED) is 0.642. The average Bonchev–Trinajstić information content (AvgIpc) is 2.75. The molecule has 1 amide bonds. The number of hydrogen-bond acceptors (Lipinski definition) is 8. The second-order valence-electron chi connectivity index (χ2n) is 6.97. The molecule has 2 aromatic heterocycles. The molecule has 1 aliphatic heterocycles. The lowest BCUT2D eigenvalue weighted by molar-refractivity contribution is 0.168. The average molecular weight is 409 g/mol. The summed E-state index contributed by atoms with van der Waals surface area (Å²) in [6.07, 6.45) is 4.59. The van der Waals surface area contributed by atoms with Crippen LogP contribution in [0, 0.1) is 0 Å². The largest absolute Gasteiger partial charge is 0.450 e. The van der Waals surface area contributed by atoms with Gasteiger partial charge in [-0.25, -0.2) is 14.6 Å². The Hall–Kier alpha value is -3.46. The molecular formula is C21H23N5O4. The third kappa shape index (κ3) is 4.57. The van der Waals surface area contributed by atoms with Gasteiger partial charge in [0.15, 0.2) is 0 Å². The molecule has 1 saturated heterocycles. The van der Waals surface area contributed by atoms with E-state index in [0.29, 0.717) is 17.8 Å². The van der Waals surface area contributed by atoms with E-state index in [2.05, 4.69) is 25.1 Å². The molecule has 0 bridgehead atoms. The lowest BCUT2D eigenvalue weighted by Gasteiger charge is -2.35. The molecule has 3 aromatic rings. The summed E-state index contributed by atoms with van der Waals surface area (Å²) in [5.41, 5.74) is 1.43. The van der Waals surface area contributed by atoms with Crippen LogP contribution in [-0.2, 0) is 11.3 Å². The molecule has 0 radical (unpaired) electrons. The molecule has 9 nitrogen and oxygen atoms in total. The van der Waals surface area contributed by atoms with Crippen molar-refractivity contribution in [1.29, 1.82) is 0 Å². The second-order valence-corrected chi connectivity index (χ2v) is 6.97. The van der Waals surface area contributed by atoms with Gasteiger partial charge in [0.1, 0.15) is 11.4 Å². The summed E-state index contributed by atoms with van der Waals surface area (Å²) in [4.78, 5) is 36.7. The van der Waals surface area contributed by atoms with E-state index in [-0.39, 0.29) is 6.61 Å². The van der Waals surface area contributed by atoms with Crippen LogP contribution >= 0.6 is 0 Å². The number of hydrogen-bond donors (Lipinski definition) is 1. The zero-order valence-electron chi connectivity index (χ0n) is 16.7. The Balaban J connectivity index is 1.48. The van der Waals surface area contributed by atoms with Crippen LogP contribution in [0.4, 0.5) is 16.3 Å². The van der Waals surface area contributed by atoms with Crippen molar-refractivity contribution < 1.29 is 13.9 Å². The van der Waals surface area contributed by atoms with Crippen molar-refractivity contribution in [2.24, 2.45) is 0 Å². The Labute approximate surface area is 173 Å². The minimum atomic E-state index is -0.545. The van der Waals surface area contributed by atoms with Gasteiger partial charge in [0.2, 0.25) is 0 Å². The predicted molar refractivity (Wildman–Crippen MR) is 113 cm³/mol. The van der Waals surface area contributed by atoms with Crippen LogP contribution in [0.15, 0.2) is 52.1 Å². The van der Waals surface area contributed by atoms with Crippen LogP contribution in [0.5, 0.6) is 0 Å². The number of piperazine rings is 1. The second kappa shape index (κ2) is 8.91. The number of nitrogens with zero attached hydrogens (tertiary/aromatic N) is 4. The van der Waals surface area contributed by atoms with Crippen molar-refractivity contribution in [3.8, 4) is 0 Å². The van der Waals surface area contributed by atoms with E-state index >= 15 is 0 Å². The first-order valence-corrected chi connectivity index (χ1v) is 9.86. The van der Waals surface area contributed by atoms with Gasteiger partial charge >= 0.3 is 11.7 Å². The molecule has 156 valence electrons. The molecule has 1 aromatic carbocycles. The number of benzene rings is 1. The lowest BCUT2D eigenvalue weighted by atomic mass is 10.1. The van der Waals surface area contributed by atoms with Crippen LogP contribution in [0.25, 0.3) is 11.0 Å². The standard InChI is InChI=1S/C21H23N5O4/c1-2-29-21(28)24-16-3-4-17-15(11-20(27)30-18(17)12-16)14-25-7-9-26(10-8-25)19-13-22-5-6-23-19/h3-6,11-13H,2,7-10,14H2,1H3,(H,24,28). The fourth-order valence-electron chi connectivity index (χ4n) is 3.55. The van der Waals surface area contributed by atoms with E-state index in [9.17, 15) is 9.59 Å². The summed E-state index contributed by atoms with van der Waals surface area (Å²) in [6.45, 7) is 6.03. The van der Waals surface area contributed by atoms with Crippen LogP contribution in [0.1, 0.15) is 12.5 Å². The number of carbonyl (C=O) groups excluding carboxylic acids is 1. The first-order valence-electron chi connectivity index (χ1n) is 9.86. The van der Waals surface area contributed by atoms with E-state index in [4.69, 9.17) is 9.15 Å². The van der Waals surface area contributed by atoms with Crippen molar-refractivity contribution in [3.63, 3.8) is 0 Å². The van der Waals surface area contributed by atoms with Crippen molar-refractivity contribution >= 4 is 28.6 Å². The van der Waals surface area contributed by atoms with E-state index in [1.165, 1.54) is 6.07 Å². The highest BCUT2D eigenvalue weighted by Crippen LogP contribution is 2.23. The highest BCUT2D eigenvalue weighted by molar-refractivity contribution is 5.89. The number of nitrogens with one attached hydrogen (secondary N) is 1. The summed E-state index contributed by atoms with van der Waals surface area (Å²) < 4.78 is 10.2. The maximum Gasteiger partial charge on any atom is 0.411 e. The van der Waals surface area contributed by atoms with Crippen molar-refractivity contribution in [3.05, 3.63) is 58.8 Å². The molecular weight excluding hydrogens is 386 g/mol. The topological polar surface area (TPSA) is 101 Å². The number of carbonyl (C=O) groups is 1. The van der Waals surface area contributed by atoms with Gasteiger partial charge < -0.3 is 14.1 Å². The van der Waals surface area contributed by atoms with Gasteiger partial charge in [-0.05, 0) is 24.6 Å². The first-order chi connectivity index (χ1) is 14.6. The highest BCUT2D eigenvalue weighted by atomic mass is 16.5. The SMILES string of the molecule is CCOC(=O)Nc1ccc2c(CN3CCN(c4cnccn4)CC3)cc(=O)oc2c1. The maximum atomic E-state index is 12.1. The zero-order chi connectivity index (χ0) is 20.9. The van der Waals surface area contributed by atoms with Crippen LogP contribution in [-0.4, -0.2) is 53.7 Å². The minimum absolute atomic E-state index is 0.281. The van der Waals surface area contributed by atoms with Crippen LogP contribution < -0.4 is 15.8 Å². The molecule has 30 heavy (non-hydrogen) atoms. The Morgan fingerprint density at radius 1 is 1.20 bits per heavy atom. The summed E-state index contributed by atoms with van der Waals surface area (Å²) in [5, 5.41) is 3.47. The number of amides is 1. The van der Waals surface area contributed by atoms with Gasteiger partial charge in [0, 0.05) is 68.3 Å². The van der Waals surface area contributed by atoms with Crippen molar-refractivity contribution in [2.75, 3.05) is 43.0 Å². The number of fused-ring (bicyclic) bond motifs is 1. The molecule has 0 spiro atoms. The number of ether oxygens (including phenoxy) is 1. The smallest absolute Gasteiger partial charge is 0.411 e. The zero-order valence-corrected chi connectivity index (χ0v) is 16.7. The highest BCUT2D eigenvalue weighted by Gasteiger charge is 2.19. The van der Waals surface area contributed by atoms with E-state index < -0.39 is 11.7 Å². The van der Waals surface area contributed by atoms with Crippen molar-refractivity contribution in [2.45, 2.75) is 13.5 Å². The van der Waals surface area contributed by atoms with Crippen LogP contribution in [0.3, 0.4) is 0 Å². The molecule has 0 aliphatic carbocycles. The third-order valence-corrected chi connectivity index (χ3v) is 4.99. The van der Waals surface area contributed by atoms with E-state index in [1.54, 1.807) is 37.6 Å². The van der Waals surface area contributed by atoms with E-state index in [1.807, 2.05) is 6.07 Å². The minimum Gasteiger partial charge on any atom is -0.450 e. The predicted octanol–water partition coefficient (Wildman–Crippen LogP) is 2.47. The fraction of sp³-hybridized carbons (Fsp3) is 0.333. The summed E-state index contributed by atoms with van der Waals surface area (Å²) in [5.74, 6) is 0.879. The third-order valence-electron chi connectivity index (χ3n) is 4.99. The normalized spacial score (nSPS) is 14.6. The lowest BCUT2D eigenvalue weighted by Crippen LogP contribution is -2.46.